The zero-order valence-corrected chi connectivity index (χ0v) is 16.4. The lowest BCUT2D eigenvalue weighted by molar-refractivity contribution is -0.0567. The number of ether oxygens (including phenoxy) is 2. The summed E-state index contributed by atoms with van der Waals surface area (Å²) in [6.07, 6.45) is 4.73. The van der Waals surface area contributed by atoms with Gasteiger partial charge in [-0.3, -0.25) is 9.59 Å². The van der Waals surface area contributed by atoms with Crippen molar-refractivity contribution in [3.8, 4) is 0 Å². The molecule has 0 aromatic carbocycles. The summed E-state index contributed by atoms with van der Waals surface area (Å²) in [6, 6.07) is 3.29. The van der Waals surface area contributed by atoms with Crippen LogP contribution in [-0.4, -0.2) is 47.4 Å². The van der Waals surface area contributed by atoms with Crippen molar-refractivity contribution in [2.45, 2.75) is 51.8 Å². The van der Waals surface area contributed by atoms with Crippen LogP contribution in [0.25, 0.3) is 11.0 Å². The van der Waals surface area contributed by atoms with Gasteiger partial charge in [0.1, 0.15) is 11.2 Å². The van der Waals surface area contributed by atoms with Crippen molar-refractivity contribution in [1.82, 2.24) is 14.9 Å². The molecule has 1 aliphatic heterocycles. The first-order chi connectivity index (χ1) is 13.6. The SMILES string of the molecule is CCn1cc(C(=O)N[C@@H]2COCC[C@@H]2OCC2CC2)c(=O)c2ccc(C)nc21. The summed E-state index contributed by atoms with van der Waals surface area (Å²) >= 11 is 0. The molecule has 1 aliphatic carbocycles. The number of nitrogens with zero attached hydrogens (tertiary/aromatic N) is 2. The van der Waals surface area contributed by atoms with Crippen LogP contribution in [-0.2, 0) is 16.0 Å². The number of nitrogens with one attached hydrogen (secondary N) is 1. The number of hydrogen-bond acceptors (Lipinski definition) is 5. The molecule has 7 heteroatoms. The molecule has 1 saturated heterocycles. The number of pyridine rings is 2. The van der Waals surface area contributed by atoms with Crippen molar-refractivity contribution in [2.24, 2.45) is 5.92 Å². The maximum absolute atomic E-state index is 13.0. The number of amides is 1. The van der Waals surface area contributed by atoms with Crippen LogP contribution in [0.4, 0.5) is 0 Å². The summed E-state index contributed by atoms with van der Waals surface area (Å²) < 4.78 is 13.4. The van der Waals surface area contributed by atoms with Crippen LogP contribution in [0.2, 0.25) is 0 Å². The Morgan fingerprint density at radius 2 is 2.18 bits per heavy atom. The van der Waals surface area contributed by atoms with Gasteiger partial charge in [0, 0.05) is 31.6 Å². The van der Waals surface area contributed by atoms with Gasteiger partial charge in [-0.1, -0.05) is 0 Å². The number of rotatable bonds is 6. The van der Waals surface area contributed by atoms with E-state index in [9.17, 15) is 9.59 Å². The van der Waals surface area contributed by atoms with Crippen LogP contribution in [0.1, 0.15) is 42.2 Å². The Hall–Kier alpha value is -2.25. The second kappa shape index (κ2) is 8.01. The third-order valence-electron chi connectivity index (χ3n) is 5.50. The average molecular weight is 385 g/mol. The highest BCUT2D eigenvalue weighted by Crippen LogP contribution is 2.30. The highest BCUT2D eigenvalue weighted by Gasteiger charge is 2.31. The molecule has 1 N–H and O–H groups in total. The van der Waals surface area contributed by atoms with E-state index in [0.29, 0.717) is 36.7 Å². The topological polar surface area (TPSA) is 82.5 Å². The van der Waals surface area contributed by atoms with Gasteiger partial charge in [0.15, 0.2) is 0 Å². The maximum Gasteiger partial charge on any atom is 0.257 e. The summed E-state index contributed by atoms with van der Waals surface area (Å²) in [5, 5.41) is 3.43. The first kappa shape index (κ1) is 19.1. The fourth-order valence-electron chi connectivity index (χ4n) is 3.61. The van der Waals surface area contributed by atoms with Crippen LogP contribution in [0.15, 0.2) is 23.1 Å². The van der Waals surface area contributed by atoms with Crippen LogP contribution < -0.4 is 10.7 Å². The van der Waals surface area contributed by atoms with Crippen LogP contribution in [0.3, 0.4) is 0 Å². The Kier molecular flexibility index (Phi) is 5.46. The van der Waals surface area contributed by atoms with Gasteiger partial charge in [0.05, 0.1) is 24.1 Å². The van der Waals surface area contributed by atoms with E-state index in [1.807, 2.05) is 18.4 Å². The van der Waals surface area contributed by atoms with Gasteiger partial charge in [-0.15, -0.1) is 0 Å². The van der Waals surface area contributed by atoms with Crippen molar-refractivity contribution >= 4 is 16.9 Å². The molecule has 4 rings (SSSR count). The molecule has 7 nitrogen and oxygen atoms in total. The van der Waals surface area contributed by atoms with Gasteiger partial charge in [0.25, 0.3) is 5.91 Å². The highest BCUT2D eigenvalue weighted by molar-refractivity contribution is 5.97. The van der Waals surface area contributed by atoms with Gasteiger partial charge in [0.2, 0.25) is 5.43 Å². The molecule has 150 valence electrons. The predicted octanol–water partition coefficient (Wildman–Crippen LogP) is 2.04. The molecule has 2 aliphatic rings. The van der Waals surface area contributed by atoms with E-state index < -0.39 is 0 Å². The molecule has 0 spiro atoms. The Morgan fingerprint density at radius 1 is 1.36 bits per heavy atom. The molecule has 3 heterocycles. The second-order valence-corrected chi connectivity index (χ2v) is 7.74. The summed E-state index contributed by atoms with van der Waals surface area (Å²) in [7, 11) is 0. The Morgan fingerprint density at radius 3 is 2.93 bits per heavy atom. The lowest BCUT2D eigenvalue weighted by atomic mass is 10.1. The molecule has 1 saturated carbocycles. The van der Waals surface area contributed by atoms with E-state index in [4.69, 9.17) is 9.47 Å². The van der Waals surface area contributed by atoms with Crippen LogP contribution in [0.5, 0.6) is 0 Å². The minimum absolute atomic E-state index is 0.0727. The Labute approximate surface area is 164 Å². The fraction of sp³-hybridized carbons (Fsp3) is 0.571. The highest BCUT2D eigenvalue weighted by atomic mass is 16.5. The van der Waals surface area contributed by atoms with Crippen molar-refractivity contribution < 1.29 is 14.3 Å². The van der Waals surface area contributed by atoms with E-state index in [2.05, 4.69) is 10.3 Å². The lowest BCUT2D eigenvalue weighted by Crippen LogP contribution is -2.51. The van der Waals surface area contributed by atoms with Gasteiger partial charge >= 0.3 is 0 Å². The largest absolute Gasteiger partial charge is 0.379 e. The molecule has 0 bridgehead atoms. The molecule has 0 radical (unpaired) electrons. The third kappa shape index (κ3) is 3.95. The molecule has 2 atom stereocenters. The van der Waals surface area contributed by atoms with Crippen LogP contribution >= 0.6 is 0 Å². The summed E-state index contributed by atoms with van der Waals surface area (Å²) in [5.41, 5.74) is 1.28. The number of carbonyl (C=O) groups is 1. The summed E-state index contributed by atoms with van der Waals surface area (Å²) in [5.74, 6) is 0.276. The zero-order valence-electron chi connectivity index (χ0n) is 16.4. The quantitative estimate of drug-likeness (QED) is 0.823. The molecule has 2 aromatic rings. The third-order valence-corrected chi connectivity index (χ3v) is 5.50. The predicted molar refractivity (Wildman–Crippen MR) is 106 cm³/mol. The summed E-state index contributed by atoms with van der Waals surface area (Å²) in [4.78, 5) is 30.3. The van der Waals surface area contributed by atoms with Gasteiger partial charge in [-0.25, -0.2) is 4.98 Å². The van der Waals surface area contributed by atoms with E-state index in [0.717, 1.165) is 18.7 Å². The maximum atomic E-state index is 13.0. The standard InChI is InChI=1S/C21H27N3O4/c1-3-24-10-16(19(25)15-7-4-13(2)22-20(15)24)21(26)23-17-12-27-9-8-18(17)28-11-14-5-6-14/h4,7,10,14,17-18H,3,5-6,8-9,11-12H2,1-2H3,(H,23,26)/t17-,18+/m1/s1. The van der Waals surface area contributed by atoms with E-state index in [1.54, 1.807) is 18.3 Å². The molecule has 28 heavy (non-hydrogen) atoms. The van der Waals surface area contributed by atoms with Gasteiger partial charge in [-0.05, 0) is 51.2 Å². The van der Waals surface area contributed by atoms with E-state index in [-0.39, 0.29) is 29.0 Å². The monoisotopic (exact) mass is 385 g/mol. The molecule has 2 aromatic heterocycles. The minimum Gasteiger partial charge on any atom is -0.379 e. The molecule has 2 fully saturated rings. The number of hydrogen-bond donors (Lipinski definition) is 1. The van der Waals surface area contributed by atoms with Gasteiger partial charge in [-0.2, -0.15) is 0 Å². The van der Waals surface area contributed by atoms with E-state index >= 15 is 0 Å². The molecular weight excluding hydrogens is 358 g/mol. The normalized spacial score (nSPS) is 22.4. The first-order valence-electron chi connectivity index (χ1n) is 10.1. The van der Waals surface area contributed by atoms with Gasteiger partial charge < -0.3 is 19.4 Å². The minimum atomic E-state index is -0.384. The van der Waals surface area contributed by atoms with Crippen molar-refractivity contribution in [3.05, 3.63) is 39.8 Å². The number of aromatic nitrogens is 2. The van der Waals surface area contributed by atoms with Crippen molar-refractivity contribution in [3.63, 3.8) is 0 Å². The average Bonchev–Trinajstić information content (AvgIpc) is 3.52. The molecular formula is C21H27N3O4. The first-order valence-corrected chi connectivity index (χ1v) is 10.1. The zero-order chi connectivity index (χ0) is 19.7. The number of carbonyl (C=O) groups excluding carboxylic acids is 1. The van der Waals surface area contributed by atoms with Crippen molar-refractivity contribution in [1.29, 1.82) is 0 Å². The summed E-state index contributed by atoms with van der Waals surface area (Å²) in [6.45, 7) is 6.23. The fourth-order valence-corrected chi connectivity index (χ4v) is 3.61. The molecule has 1 amide bonds. The smallest absolute Gasteiger partial charge is 0.257 e. The molecule has 0 unspecified atom stereocenters. The number of aryl methyl sites for hydroxylation is 2. The Bertz CT molecular complexity index is 935. The second-order valence-electron chi connectivity index (χ2n) is 7.74. The van der Waals surface area contributed by atoms with Crippen molar-refractivity contribution in [2.75, 3.05) is 19.8 Å². The Balaban J connectivity index is 1.58. The van der Waals surface area contributed by atoms with Crippen LogP contribution in [0, 0.1) is 12.8 Å². The lowest BCUT2D eigenvalue weighted by Gasteiger charge is -2.32. The van der Waals surface area contributed by atoms with E-state index in [1.165, 1.54) is 12.8 Å². The number of fused-ring (bicyclic) bond motifs is 1.